The Labute approximate surface area is 170 Å². The van der Waals surface area contributed by atoms with Gasteiger partial charge in [0.15, 0.2) is 0 Å². The Bertz CT molecular complexity index is 407. The van der Waals surface area contributed by atoms with Crippen LogP contribution in [0.2, 0.25) is 0 Å². The molecule has 1 rings (SSSR count). The van der Waals surface area contributed by atoms with Crippen molar-refractivity contribution in [2.75, 3.05) is 26.2 Å². The summed E-state index contributed by atoms with van der Waals surface area (Å²) in [5, 5.41) is 0. The second-order valence-electron chi connectivity index (χ2n) is 7.73. The van der Waals surface area contributed by atoms with Gasteiger partial charge < -0.3 is 4.48 Å². The van der Waals surface area contributed by atoms with E-state index in [4.69, 9.17) is 0 Å². The van der Waals surface area contributed by atoms with Crippen LogP contribution in [0.1, 0.15) is 90.2 Å². The summed E-state index contributed by atoms with van der Waals surface area (Å²) in [5.74, 6) is 0. The highest BCUT2D eigenvalue weighted by atomic mass is 15.3. The fraction of sp³-hybridized carbons (Fsp3) is 0.615. The lowest BCUT2D eigenvalue weighted by atomic mass is 10.1. The summed E-state index contributed by atoms with van der Waals surface area (Å²) >= 11 is 0. The molecule has 1 nitrogen and oxygen atoms in total. The zero-order valence-electron chi connectivity index (χ0n) is 18.8. The molecule has 0 heterocycles. The fourth-order valence-corrected chi connectivity index (χ4v) is 3.41. The van der Waals surface area contributed by atoms with Gasteiger partial charge in [-0.1, -0.05) is 103 Å². The molecule has 0 aliphatic carbocycles. The molecule has 0 saturated carbocycles. The van der Waals surface area contributed by atoms with E-state index in [1.165, 1.54) is 82.0 Å². The third kappa shape index (κ3) is 11.9. The Morgan fingerprint density at radius 3 is 1.04 bits per heavy atom. The third-order valence-corrected chi connectivity index (χ3v) is 5.35. The number of rotatable bonds is 14. The normalized spacial score (nSPS) is 10.8. The summed E-state index contributed by atoms with van der Waals surface area (Å²) in [6, 6.07) is 8.07. The number of hydrogen-bond donors (Lipinski definition) is 0. The van der Waals surface area contributed by atoms with Crippen molar-refractivity contribution in [3.05, 3.63) is 48.6 Å². The van der Waals surface area contributed by atoms with Crippen molar-refractivity contribution in [1.29, 1.82) is 0 Å². The Balaban J connectivity index is 0.000000569. The molecule has 0 saturated heterocycles. The largest absolute Gasteiger partial charge is 0.324 e. The maximum atomic E-state index is 3.66. The molecule has 0 spiro atoms. The zero-order chi connectivity index (χ0) is 20.4. The quantitative estimate of drug-likeness (QED) is 0.290. The SMILES string of the molecule is C=Cc1ccc(C=C)cc1.CCCC[N+](CCCC)(CCCC)CCCC. The smallest absolute Gasteiger partial charge is 0.0786 e. The van der Waals surface area contributed by atoms with E-state index in [-0.39, 0.29) is 0 Å². The predicted molar refractivity (Wildman–Crippen MR) is 126 cm³/mol. The first-order chi connectivity index (χ1) is 13.1. The minimum absolute atomic E-state index is 1.14. The molecule has 154 valence electrons. The van der Waals surface area contributed by atoms with E-state index in [2.05, 4.69) is 40.9 Å². The average Bonchev–Trinajstić information content (AvgIpc) is 2.73. The minimum Gasteiger partial charge on any atom is -0.324 e. The van der Waals surface area contributed by atoms with Gasteiger partial charge in [-0.2, -0.15) is 0 Å². The maximum absolute atomic E-state index is 3.66. The van der Waals surface area contributed by atoms with E-state index < -0.39 is 0 Å². The standard InChI is InChI=1S/C16H36N.C10H10/c1-5-9-13-17(14-10-6-2,15-11-7-3)16-12-8-4;1-3-9-5-7-10(4-2)8-6-9/h5-16H2,1-4H3;3-8H,1-2H2/q+1;. The lowest BCUT2D eigenvalue weighted by Gasteiger charge is -2.39. The van der Waals surface area contributed by atoms with E-state index in [1.807, 2.05) is 36.4 Å². The number of quaternary nitrogens is 1. The van der Waals surface area contributed by atoms with Crippen molar-refractivity contribution in [2.24, 2.45) is 0 Å². The van der Waals surface area contributed by atoms with Gasteiger partial charge in [-0.05, 0) is 36.8 Å². The number of nitrogens with zero attached hydrogens (tertiary/aromatic N) is 1. The topological polar surface area (TPSA) is 0 Å². The Kier molecular flexibility index (Phi) is 16.0. The van der Waals surface area contributed by atoms with Crippen molar-refractivity contribution in [3.8, 4) is 0 Å². The van der Waals surface area contributed by atoms with Gasteiger partial charge in [-0.15, -0.1) is 0 Å². The van der Waals surface area contributed by atoms with Gasteiger partial charge in [0.25, 0.3) is 0 Å². The first kappa shape index (κ1) is 25.7. The summed E-state index contributed by atoms with van der Waals surface area (Å²) in [4.78, 5) is 0. The van der Waals surface area contributed by atoms with Gasteiger partial charge >= 0.3 is 0 Å². The molecule has 0 fully saturated rings. The van der Waals surface area contributed by atoms with Gasteiger partial charge in [0.1, 0.15) is 0 Å². The summed E-state index contributed by atoms with van der Waals surface area (Å²) in [7, 11) is 0. The second-order valence-corrected chi connectivity index (χ2v) is 7.73. The second kappa shape index (κ2) is 16.8. The summed E-state index contributed by atoms with van der Waals surface area (Å²) < 4.78 is 1.42. The van der Waals surface area contributed by atoms with Crippen LogP contribution in [0.3, 0.4) is 0 Å². The molecule has 0 atom stereocenters. The zero-order valence-corrected chi connectivity index (χ0v) is 18.8. The fourth-order valence-electron chi connectivity index (χ4n) is 3.41. The monoisotopic (exact) mass is 372 g/mol. The van der Waals surface area contributed by atoms with Crippen LogP contribution in [0.4, 0.5) is 0 Å². The molecule has 0 N–H and O–H groups in total. The molecule has 0 amide bonds. The first-order valence-corrected chi connectivity index (χ1v) is 11.3. The maximum Gasteiger partial charge on any atom is 0.0786 e. The number of benzene rings is 1. The molecule has 0 unspecified atom stereocenters. The molecular weight excluding hydrogens is 326 g/mol. The molecule has 1 heteroatoms. The molecule has 27 heavy (non-hydrogen) atoms. The summed E-state index contributed by atoms with van der Waals surface area (Å²) in [6.45, 7) is 22.3. The molecule has 1 aromatic rings. The molecule has 1 aromatic carbocycles. The first-order valence-electron chi connectivity index (χ1n) is 11.3. The van der Waals surface area contributed by atoms with Crippen molar-refractivity contribution in [3.63, 3.8) is 0 Å². The van der Waals surface area contributed by atoms with E-state index in [1.54, 1.807) is 0 Å². The van der Waals surface area contributed by atoms with E-state index in [0.717, 1.165) is 11.1 Å². The highest BCUT2D eigenvalue weighted by Gasteiger charge is 2.24. The van der Waals surface area contributed by atoms with Crippen LogP contribution in [-0.4, -0.2) is 30.7 Å². The van der Waals surface area contributed by atoms with E-state index in [9.17, 15) is 0 Å². The molecule has 0 aromatic heterocycles. The predicted octanol–water partition coefficient (Wildman–Crippen LogP) is 7.98. The lowest BCUT2D eigenvalue weighted by Crippen LogP contribution is -2.50. The molecule has 0 radical (unpaired) electrons. The van der Waals surface area contributed by atoms with Crippen LogP contribution in [0.5, 0.6) is 0 Å². The molecule has 0 aliphatic heterocycles. The van der Waals surface area contributed by atoms with Gasteiger partial charge in [-0.25, -0.2) is 0 Å². The van der Waals surface area contributed by atoms with Crippen LogP contribution in [0.15, 0.2) is 37.4 Å². The van der Waals surface area contributed by atoms with Crippen LogP contribution < -0.4 is 0 Å². The van der Waals surface area contributed by atoms with Gasteiger partial charge in [0, 0.05) is 0 Å². The van der Waals surface area contributed by atoms with E-state index in [0.29, 0.717) is 0 Å². The van der Waals surface area contributed by atoms with Crippen molar-refractivity contribution in [2.45, 2.75) is 79.1 Å². The van der Waals surface area contributed by atoms with E-state index >= 15 is 0 Å². The Hall–Kier alpha value is -1.34. The Morgan fingerprint density at radius 2 is 0.852 bits per heavy atom. The van der Waals surface area contributed by atoms with Crippen LogP contribution >= 0.6 is 0 Å². The average molecular weight is 373 g/mol. The number of hydrogen-bond acceptors (Lipinski definition) is 0. The van der Waals surface area contributed by atoms with Crippen molar-refractivity contribution in [1.82, 2.24) is 0 Å². The molecular formula is C26H46N+. The Morgan fingerprint density at radius 1 is 0.593 bits per heavy atom. The summed E-state index contributed by atoms with van der Waals surface area (Å²) in [5.41, 5.74) is 2.29. The molecule has 0 aliphatic rings. The van der Waals surface area contributed by atoms with Gasteiger partial charge in [0.2, 0.25) is 0 Å². The van der Waals surface area contributed by atoms with Gasteiger partial charge in [-0.3, -0.25) is 0 Å². The number of unbranched alkanes of at least 4 members (excludes halogenated alkanes) is 4. The molecule has 0 bridgehead atoms. The van der Waals surface area contributed by atoms with Crippen molar-refractivity contribution < 1.29 is 4.48 Å². The van der Waals surface area contributed by atoms with Crippen molar-refractivity contribution >= 4 is 12.2 Å². The summed E-state index contributed by atoms with van der Waals surface area (Å²) in [6.07, 6.45) is 14.7. The minimum atomic E-state index is 1.14. The highest BCUT2D eigenvalue weighted by Crippen LogP contribution is 2.16. The van der Waals surface area contributed by atoms with Crippen LogP contribution in [-0.2, 0) is 0 Å². The highest BCUT2D eigenvalue weighted by molar-refractivity contribution is 5.53. The van der Waals surface area contributed by atoms with Gasteiger partial charge in [0.05, 0.1) is 26.2 Å². The van der Waals surface area contributed by atoms with Crippen LogP contribution in [0.25, 0.3) is 12.2 Å². The van der Waals surface area contributed by atoms with Crippen LogP contribution in [0, 0.1) is 0 Å². The third-order valence-electron chi connectivity index (χ3n) is 5.35. The lowest BCUT2D eigenvalue weighted by molar-refractivity contribution is -0.929.